The van der Waals surface area contributed by atoms with Gasteiger partial charge in [0.25, 0.3) is 0 Å². The summed E-state index contributed by atoms with van der Waals surface area (Å²) in [6.07, 6.45) is 4.38. The van der Waals surface area contributed by atoms with E-state index in [1.807, 2.05) is 0 Å². The number of nitrogens with zero attached hydrogens (tertiary/aromatic N) is 2. The third-order valence-electron chi connectivity index (χ3n) is 4.46. The Bertz CT molecular complexity index is 604. The number of nitrogens with two attached hydrogens (primary N) is 1. The molecule has 1 fully saturated rings. The van der Waals surface area contributed by atoms with Crippen molar-refractivity contribution >= 4 is 11.0 Å². The summed E-state index contributed by atoms with van der Waals surface area (Å²) in [7, 11) is 0. The normalized spacial score (nSPS) is 16.2. The lowest BCUT2D eigenvalue weighted by Crippen LogP contribution is -2.38. The summed E-state index contributed by atoms with van der Waals surface area (Å²) >= 11 is 0. The Balaban J connectivity index is 2.25. The Morgan fingerprint density at radius 2 is 2.00 bits per heavy atom. The van der Waals surface area contributed by atoms with Crippen LogP contribution in [0.15, 0.2) is 18.2 Å². The van der Waals surface area contributed by atoms with E-state index in [2.05, 4.69) is 43.5 Å². The van der Waals surface area contributed by atoms with E-state index in [0.29, 0.717) is 6.04 Å². The molecule has 1 saturated carbocycles. The molecule has 0 unspecified atom stereocenters. The average Bonchev–Trinajstić information content (AvgIpc) is 3.18. The minimum atomic E-state index is -0.296. The molecule has 0 aliphatic heterocycles. The number of imidazole rings is 1. The molecule has 102 valence electrons. The predicted octanol–water partition coefficient (Wildman–Crippen LogP) is 3.65. The SMILES string of the molecule is CCC(N)(CC)c1nc2cc(C)ccc2n1C1CC1. The molecule has 0 saturated heterocycles. The van der Waals surface area contributed by atoms with Crippen LogP contribution in [0, 0.1) is 6.92 Å². The fraction of sp³-hybridized carbons (Fsp3) is 0.562. The van der Waals surface area contributed by atoms with Crippen LogP contribution >= 0.6 is 0 Å². The van der Waals surface area contributed by atoms with Gasteiger partial charge in [-0.25, -0.2) is 4.98 Å². The van der Waals surface area contributed by atoms with E-state index in [9.17, 15) is 0 Å². The monoisotopic (exact) mass is 257 g/mol. The molecular weight excluding hydrogens is 234 g/mol. The van der Waals surface area contributed by atoms with E-state index in [0.717, 1.165) is 24.2 Å². The van der Waals surface area contributed by atoms with Crippen molar-refractivity contribution < 1.29 is 0 Å². The second-order valence-electron chi connectivity index (χ2n) is 5.89. The van der Waals surface area contributed by atoms with Crippen molar-refractivity contribution in [2.75, 3.05) is 0 Å². The summed E-state index contributed by atoms with van der Waals surface area (Å²) in [5.41, 5.74) is 9.91. The number of aromatic nitrogens is 2. The van der Waals surface area contributed by atoms with Gasteiger partial charge in [0.15, 0.2) is 0 Å². The highest BCUT2D eigenvalue weighted by Gasteiger charge is 2.35. The van der Waals surface area contributed by atoms with Gasteiger partial charge in [-0.15, -0.1) is 0 Å². The number of hydrogen-bond donors (Lipinski definition) is 1. The van der Waals surface area contributed by atoms with Crippen molar-refractivity contribution in [1.29, 1.82) is 0 Å². The van der Waals surface area contributed by atoms with Crippen molar-refractivity contribution in [1.82, 2.24) is 9.55 Å². The van der Waals surface area contributed by atoms with E-state index < -0.39 is 0 Å². The first-order valence-corrected chi connectivity index (χ1v) is 7.37. The molecule has 0 amide bonds. The van der Waals surface area contributed by atoms with Crippen LogP contribution in [0.2, 0.25) is 0 Å². The predicted molar refractivity (Wildman–Crippen MR) is 79.2 cm³/mol. The molecule has 0 spiro atoms. The standard InChI is InChI=1S/C16H23N3/c1-4-16(17,5-2)15-18-13-10-11(3)6-9-14(13)19(15)12-7-8-12/h6,9-10,12H,4-5,7-8,17H2,1-3H3. The van der Waals surface area contributed by atoms with Crippen LogP contribution in [-0.2, 0) is 5.54 Å². The Morgan fingerprint density at radius 3 is 2.58 bits per heavy atom. The smallest absolute Gasteiger partial charge is 0.130 e. The molecular formula is C16H23N3. The van der Waals surface area contributed by atoms with Gasteiger partial charge in [0.05, 0.1) is 16.6 Å². The van der Waals surface area contributed by atoms with Gasteiger partial charge in [0, 0.05) is 6.04 Å². The van der Waals surface area contributed by atoms with Crippen LogP contribution in [0.1, 0.15) is 57.0 Å². The van der Waals surface area contributed by atoms with Gasteiger partial charge in [-0.3, -0.25) is 0 Å². The van der Waals surface area contributed by atoms with Gasteiger partial charge in [-0.1, -0.05) is 19.9 Å². The van der Waals surface area contributed by atoms with Crippen molar-refractivity contribution in [2.45, 2.75) is 58.0 Å². The lowest BCUT2D eigenvalue weighted by Gasteiger charge is -2.27. The quantitative estimate of drug-likeness (QED) is 0.908. The minimum Gasteiger partial charge on any atom is -0.323 e. The van der Waals surface area contributed by atoms with Crippen molar-refractivity contribution in [3.05, 3.63) is 29.6 Å². The summed E-state index contributed by atoms with van der Waals surface area (Å²) in [5.74, 6) is 1.08. The highest BCUT2D eigenvalue weighted by Crippen LogP contribution is 2.41. The number of benzene rings is 1. The Morgan fingerprint density at radius 1 is 1.32 bits per heavy atom. The molecule has 3 nitrogen and oxygen atoms in total. The van der Waals surface area contributed by atoms with Crippen LogP contribution in [0.3, 0.4) is 0 Å². The zero-order chi connectivity index (χ0) is 13.6. The molecule has 0 radical (unpaired) electrons. The third kappa shape index (κ3) is 1.96. The maximum absolute atomic E-state index is 6.60. The van der Waals surface area contributed by atoms with Crippen molar-refractivity contribution in [3.8, 4) is 0 Å². The molecule has 3 heteroatoms. The van der Waals surface area contributed by atoms with Crippen LogP contribution in [-0.4, -0.2) is 9.55 Å². The van der Waals surface area contributed by atoms with Gasteiger partial charge in [0.1, 0.15) is 5.82 Å². The first-order chi connectivity index (χ1) is 9.09. The van der Waals surface area contributed by atoms with Crippen molar-refractivity contribution in [3.63, 3.8) is 0 Å². The number of rotatable bonds is 4. The second kappa shape index (κ2) is 4.34. The maximum Gasteiger partial charge on any atom is 0.130 e. The van der Waals surface area contributed by atoms with Gasteiger partial charge in [-0.2, -0.15) is 0 Å². The number of fused-ring (bicyclic) bond motifs is 1. The summed E-state index contributed by atoms with van der Waals surface area (Å²) in [4.78, 5) is 4.89. The van der Waals surface area contributed by atoms with Crippen LogP contribution in [0.4, 0.5) is 0 Å². The lowest BCUT2D eigenvalue weighted by atomic mass is 9.93. The van der Waals surface area contributed by atoms with E-state index in [1.54, 1.807) is 0 Å². The molecule has 1 aromatic heterocycles. The number of aryl methyl sites for hydroxylation is 1. The molecule has 0 atom stereocenters. The van der Waals surface area contributed by atoms with E-state index >= 15 is 0 Å². The van der Waals surface area contributed by atoms with Crippen LogP contribution in [0.5, 0.6) is 0 Å². The molecule has 1 aliphatic carbocycles. The molecule has 0 bridgehead atoms. The number of hydrogen-bond acceptors (Lipinski definition) is 2. The van der Waals surface area contributed by atoms with Gasteiger partial charge < -0.3 is 10.3 Å². The van der Waals surface area contributed by atoms with Crippen LogP contribution < -0.4 is 5.73 Å². The molecule has 1 heterocycles. The topological polar surface area (TPSA) is 43.8 Å². The summed E-state index contributed by atoms with van der Waals surface area (Å²) in [6.45, 7) is 6.43. The zero-order valence-corrected chi connectivity index (χ0v) is 12.1. The van der Waals surface area contributed by atoms with Crippen molar-refractivity contribution in [2.24, 2.45) is 5.73 Å². The van der Waals surface area contributed by atoms with E-state index in [1.165, 1.54) is 23.9 Å². The molecule has 2 N–H and O–H groups in total. The van der Waals surface area contributed by atoms with Crippen LogP contribution in [0.25, 0.3) is 11.0 Å². The zero-order valence-electron chi connectivity index (χ0n) is 12.1. The van der Waals surface area contributed by atoms with E-state index in [-0.39, 0.29) is 5.54 Å². The summed E-state index contributed by atoms with van der Waals surface area (Å²) in [5, 5.41) is 0. The lowest BCUT2D eigenvalue weighted by molar-refractivity contribution is 0.371. The fourth-order valence-corrected chi connectivity index (χ4v) is 2.83. The maximum atomic E-state index is 6.60. The average molecular weight is 257 g/mol. The Hall–Kier alpha value is -1.35. The second-order valence-corrected chi connectivity index (χ2v) is 5.89. The highest BCUT2D eigenvalue weighted by molar-refractivity contribution is 5.77. The summed E-state index contributed by atoms with van der Waals surface area (Å²) in [6, 6.07) is 7.15. The minimum absolute atomic E-state index is 0.296. The molecule has 1 aliphatic rings. The van der Waals surface area contributed by atoms with Gasteiger partial charge >= 0.3 is 0 Å². The summed E-state index contributed by atoms with van der Waals surface area (Å²) < 4.78 is 2.40. The molecule has 19 heavy (non-hydrogen) atoms. The fourth-order valence-electron chi connectivity index (χ4n) is 2.83. The first-order valence-electron chi connectivity index (χ1n) is 7.37. The third-order valence-corrected chi connectivity index (χ3v) is 4.46. The Labute approximate surface area is 114 Å². The van der Waals surface area contributed by atoms with E-state index in [4.69, 9.17) is 10.7 Å². The molecule has 2 aromatic rings. The largest absolute Gasteiger partial charge is 0.323 e. The Kier molecular flexibility index (Phi) is 2.90. The highest BCUT2D eigenvalue weighted by atomic mass is 15.2. The van der Waals surface area contributed by atoms with Gasteiger partial charge in [-0.05, 0) is 50.3 Å². The first kappa shape index (κ1) is 12.7. The molecule has 3 rings (SSSR count). The van der Waals surface area contributed by atoms with Gasteiger partial charge in [0.2, 0.25) is 0 Å². The molecule has 1 aromatic carbocycles.